The van der Waals surface area contributed by atoms with Crippen LogP contribution in [0.25, 0.3) is 0 Å². The van der Waals surface area contributed by atoms with E-state index in [1.165, 1.54) is 23.1 Å². The number of aryl methyl sites for hydroxylation is 3. The molecule has 107 valence electrons. The average molecular weight is 261 g/mol. The second-order valence-corrected chi connectivity index (χ2v) is 5.47. The van der Waals surface area contributed by atoms with E-state index >= 15 is 0 Å². The minimum atomic E-state index is -0.543. The largest absolute Gasteiger partial charge is 0.228 e. The molecular formula is C18H29O. The Morgan fingerprint density at radius 1 is 0.842 bits per heavy atom. The molecule has 1 rings (SSSR count). The van der Waals surface area contributed by atoms with Gasteiger partial charge in [0.2, 0.25) is 0 Å². The predicted molar refractivity (Wildman–Crippen MR) is 82.1 cm³/mol. The number of benzene rings is 1. The summed E-state index contributed by atoms with van der Waals surface area (Å²) in [5, 5.41) is 12.4. The molecule has 1 atom stereocenters. The zero-order chi connectivity index (χ0) is 14.3. The molecule has 0 bridgehead atoms. The van der Waals surface area contributed by atoms with Crippen molar-refractivity contribution in [1.82, 2.24) is 0 Å². The fourth-order valence-electron chi connectivity index (χ4n) is 2.85. The molecule has 1 radical (unpaired) electrons. The fraction of sp³-hybridized carbons (Fsp3) is 0.667. The van der Waals surface area contributed by atoms with Crippen LogP contribution in [0.2, 0.25) is 0 Å². The van der Waals surface area contributed by atoms with Crippen molar-refractivity contribution >= 4 is 0 Å². The molecule has 1 aromatic carbocycles. The van der Waals surface area contributed by atoms with Crippen LogP contribution in [-0.4, -0.2) is 0 Å². The minimum Gasteiger partial charge on any atom is -0.228 e. The summed E-state index contributed by atoms with van der Waals surface area (Å²) < 4.78 is 0. The Kier molecular flexibility index (Phi) is 7.15. The normalized spacial score (nSPS) is 12.7. The number of hydrogen-bond acceptors (Lipinski definition) is 0. The first kappa shape index (κ1) is 16.2. The summed E-state index contributed by atoms with van der Waals surface area (Å²) in [6, 6.07) is 4.59. The van der Waals surface area contributed by atoms with E-state index in [-0.39, 0.29) is 0 Å². The van der Waals surface area contributed by atoms with Crippen molar-refractivity contribution in [3.8, 4) is 0 Å². The van der Waals surface area contributed by atoms with Gasteiger partial charge in [-0.05, 0) is 47.9 Å². The van der Waals surface area contributed by atoms with Gasteiger partial charge in [0.1, 0.15) is 6.10 Å². The van der Waals surface area contributed by atoms with Gasteiger partial charge in [-0.25, -0.2) is 5.11 Å². The van der Waals surface area contributed by atoms with Crippen molar-refractivity contribution in [3.63, 3.8) is 0 Å². The predicted octanol–water partition coefficient (Wildman–Crippen LogP) is 5.43. The van der Waals surface area contributed by atoms with Gasteiger partial charge >= 0.3 is 0 Å². The van der Waals surface area contributed by atoms with Crippen LogP contribution < -0.4 is 0 Å². The molecule has 0 spiro atoms. The first-order valence-electron chi connectivity index (χ1n) is 7.98. The monoisotopic (exact) mass is 261 g/mol. The summed E-state index contributed by atoms with van der Waals surface area (Å²) in [6.45, 7) is 8.61. The fourth-order valence-corrected chi connectivity index (χ4v) is 2.85. The van der Waals surface area contributed by atoms with Gasteiger partial charge in [0.25, 0.3) is 0 Å². The topological polar surface area (TPSA) is 19.9 Å². The van der Waals surface area contributed by atoms with Crippen LogP contribution in [0.5, 0.6) is 0 Å². The van der Waals surface area contributed by atoms with Crippen molar-refractivity contribution in [1.29, 1.82) is 0 Å². The molecule has 0 N–H and O–H groups in total. The van der Waals surface area contributed by atoms with Crippen LogP contribution in [-0.2, 0) is 24.4 Å². The van der Waals surface area contributed by atoms with E-state index in [0.717, 1.165) is 37.7 Å². The van der Waals surface area contributed by atoms with E-state index in [0.29, 0.717) is 6.42 Å². The highest BCUT2D eigenvalue weighted by Crippen LogP contribution is 2.29. The van der Waals surface area contributed by atoms with Crippen LogP contribution in [0, 0.1) is 0 Å². The lowest BCUT2D eigenvalue weighted by Crippen LogP contribution is -2.07. The Hall–Kier alpha value is -0.820. The highest BCUT2D eigenvalue weighted by Gasteiger charge is 2.17. The lowest BCUT2D eigenvalue weighted by molar-refractivity contribution is 0.0841. The maximum absolute atomic E-state index is 12.4. The molecule has 0 aliphatic carbocycles. The summed E-state index contributed by atoms with van der Waals surface area (Å²) in [6.07, 6.45) is 6.77. The van der Waals surface area contributed by atoms with Crippen molar-refractivity contribution < 1.29 is 5.11 Å². The lowest BCUT2D eigenvalue weighted by atomic mass is 9.88. The Morgan fingerprint density at radius 2 is 1.32 bits per heavy atom. The molecule has 0 aliphatic rings. The Labute approximate surface area is 119 Å². The average Bonchev–Trinajstić information content (AvgIpc) is 2.39. The highest BCUT2D eigenvalue weighted by molar-refractivity contribution is 5.41. The van der Waals surface area contributed by atoms with Crippen molar-refractivity contribution in [3.05, 3.63) is 34.4 Å². The van der Waals surface area contributed by atoms with Gasteiger partial charge in [-0.1, -0.05) is 59.1 Å². The standard InChI is InChI=1S/C18H29O/c1-5-9-14-12-15(10-6-2)18(17(19)8-4)16(13-14)11-7-3/h12-13,17H,5-11H2,1-4H3. The number of hydrogen-bond donors (Lipinski definition) is 0. The van der Waals surface area contributed by atoms with E-state index in [2.05, 4.69) is 32.9 Å². The van der Waals surface area contributed by atoms with E-state index < -0.39 is 6.10 Å². The first-order chi connectivity index (χ1) is 9.17. The van der Waals surface area contributed by atoms with Crippen LogP contribution in [0.15, 0.2) is 12.1 Å². The zero-order valence-corrected chi connectivity index (χ0v) is 13.1. The second-order valence-electron chi connectivity index (χ2n) is 5.47. The molecule has 1 nitrogen and oxygen atoms in total. The van der Waals surface area contributed by atoms with Crippen LogP contribution in [0.4, 0.5) is 0 Å². The Bertz CT molecular complexity index is 354. The highest BCUT2D eigenvalue weighted by atomic mass is 16.3. The molecule has 0 saturated carbocycles. The van der Waals surface area contributed by atoms with Crippen molar-refractivity contribution in [2.75, 3.05) is 0 Å². The molecule has 1 aromatic rings. The smallest absolute Gasteiger partial charge is 0.118 e. The summed E-state index contributed by atoms with van der Waals surface area (Å²) in [5.74, 6) is 0. The quantitative estimate of drug-likeness (QED) is 0.595. The van der Waals surface area contributed by atoms with Crippen molar-refractivity contribution in [2.45, 2.75) is 78.7 Å². The second kappa shape index (κ2) is 8.37. The molecule has 0 amide bonds. The zero-order valence-electron chi connectivity index (χ0n) is 13.1. The molecule has 0 aliphatic heterocycles. The molecule has 1 unspecified atom stereocenters. The van der Waals surface area contributed by atoms with Gasteiger partial charge in [0.15, 0.2) is 0 Å². The van der Waals surface area contributed by atoms with Gasteiger partial charge in [0.05, 0.1) is 0 Å². The number of rotatable bonds is 8. The van der Waals surface area contributed by atoms with Gasteiger partial charge < -0.3 is 0 Å². The van der Waals surface area contributed by atoms with Crippen molar-refractivity contribution in [2.24, 2.45) is 0 Å². The van der Waals surface area contributed by atoms with Gasteiger partial charge in [-0.15, -0.1) is 0 Å². The summed E-state index contributed by atoms with van der Waals surface area (Å²) in [4.78, 5) is 0. The van der Waals surface area contributed by atoms with Crippen LogP contribution in [0.1, 0.15) is 81.7 Å². The first-order valence-corrected chi connectivity index (χ1v) is 7.98. The van der Waals surface area contributed by atoms with Gasteiger partial charge in [-0.3, -0.25) is 0 Å². The lowest BCUT2D eigenvalue weighted by Gasteiger charge is -2.19. The Balaban J connectivity index is 3.27. The molecule has 19 heavy (non-hydrogen) atoms. The molecular weight excluding hydrogens is 232 g/mol. The third-order valence-corrected chi connectivity index (χ3v) is 3.68. The van der Waals surface area contributed by atoms with Crippen LogP contribution >= 0.6 is 0 Å². The minimum absolute atomic E-state index is 0.543. The third-order valence-electron chi connectivity index (χ3n) is 3.68. The summed E-state index contributed by atoms with van der Waals surface area (Å²) in [5.41, 5.74) is 5.17. The molecule has 0 saturated heterocycles. The summed E-state index contributed by atoms with van der Waals surface area (Å²) >= 11 is 0. The van der Waals surface area contributed by atoms with E-state index in [9.17, 15) is 5.11 Å². The maximum atomic E-state index is 12.4. The molecule has 0 aromatic heterocycles. The van der Waals surface area contributed by atoms with E-state index in [1.807, 2.05) is 6.92 Å². The van der Waals surface area contributed by atoms with Gasteiger partial charge in [-0.2, -0.15) is 0 Å². The third kappa shape index (κ3) is 4.35. The summed E-state index contributed by atoms with van der Waals surface area (Å²) in [7, 11) is 0. The maximum Gasteiger partial charge on any atom is 0.118 e. The van der Waals surface area contributed by atoms with Gasteiger partial charge in [0, 0.05) is 0 Å². The molecule has 1 heteroatoms. The van der Waals surface area contributed by atoms with E-state index in [4.69, 9.17) is 0 Å². The molecule has 0 heterocycles. The van der Waals surface area contributed by atoms with E-state index in [1.54, 1.807) is 0 Å². The molecule has 0 fully saturated rings. The SMILES string of the molecule is CCCc1cc(CCC)c(C([O])CC)c(CCC)c1. The Morgan fingerprint density at radius 3 is 1.68 bits per heavy atom. The van der Waals surface area contributed by atoms with Crippen LogP contribution in [0.3, 0.4) is 0 Å².